The van der Waals surface area contributed by atoms with Crippen molar-refractivity contribution in [3.8, 4) is 68.2 Å². The maximum absolute atomic E-state index is 14.8. The van der Waals surface area contributed by atoms with Crippen molar-refractivity contribution in [1.82, 2.24) is 0 Å². The number of ketones is 1. The number of carbonyl (C=O) groups is 1. The highest BCUT2D eigenvalue weighted by Gasteiger charge is 2.40. The van der Waals surface area contributed by atoms with Crippen molar-refractivity contribution in [2.45, 2.75) is 24.9 Å². The van der Waals surface area contributed by atoms with Crippen LogP contribution in [0.2, 0.25) is 0 Å². The Kier molecular flexibility index (Phi) is 6.00. The summed E-state index contributed by atoms with van der Waals surface area (Å²) in [6, 6.07) is 24.2. The molecule has 0 aliphatic carbocycles. The molecule has 2 atom stereocenters. The molecule has 0 spiro atoms. The van der Waals surface area contributed by atoms with Crippen LogP contribution in [0.5, 0.6) is 46.0 Å². The number of benzene rings is 6. The van der Waals surface area contributed by atoms with Crippen LogP contribution in [-0.2, 0) is 4.79 Å². The van der Waals surface area contributed by atoms with Crippen molar-refractivity contribution in [2.24, 2.45) is 0 Å². The number of ether oxygens (including phenoxy) is 8. The van der Waals surface area contributed by atoms with Gasteiger partial charge in [-0.15, -0.1) is 0 Å². The van der Waals surface area contributed by atoms with Crippen LogP contribution in [0.15, 0.2) is 72.8 Å². The molecule has 268 valence electrons. The van der Waals surface area contributed by atoms with Crippen LogP contribution < -0.4 is 47.7 Å². The predicted molar refractivity (Wildman–Crippen MR) is 200 cm³/mol. The third-order valence-corrected chi connectivity index (χ3v) is 11.8. The molecule has 11 nitrogen and oxygen atoms in total. The highest BCUT2D eigenvalue weighted by molar-refractivity contribution is 6.07. The number of hydrogen-bond acceptors (Lipinski definition) is 11. The first-order valence-electron chi connectivity index (χ1n) is 18.1. The smallest absolute Gasteiger partial charge is 0.231 e. The van der Waals surface area contributed by atoms with Crippen LogP contribution in [0, 0.1) is 0 Å². The van der Waals surface area contributed by atoms with E-state index in [2.05, 4.69) is 72.4 Å². The van der Waals surface area contributed by atoms with Crippen molar-refractivity contribution in [3.63, 3.8) is 0 Å². The first-order valence-corrected chi connectivity index (χ1v) is 18.1. The molecule has 6 aromatic rings. The molecule has 12 rings (SSSR count). The second kappa shape index (κ2) is 10.8. The van der Waals surface area contributed by atoms with E-state index >= 15 is 0 Å². The zero-order valence-electron chi connectivity index (χ0n) is 29.4. The Morgan fingerprint density at radius 1 is 0.519 bits per heavy atom. The number of carbonyl (C=O) groups excluding carboxylic acids is 1. The summed E-state index contributed by atoms with van der Waals surface area (Å²) in [5.74, 6) is 5.76. The lowest BCUT2D eigenvalue weighted by Gasteiger charge is -2.40. The van der Waals surface area contributed by atoms with Crippen LogP contribution in [0.1, 0.15) is 36.1 Å². The van der Waals surface area contributed by atoms with Gasteiger partial charge in [0.15, 0.2) is 46.0 Å². The third-order valence-electron chi connectivity index (χ3n) is 11.8. The summed E-state index contributed by atoms with van der Waals surface area (Å²) in [5.41, 5.74) is 8.19. The molecule has 0 amide bonds. The minimum absolute atomic E-state index is 0.109. The topological polar surface area (TPSA) is 97.4 Å². The molecule has 11 heteroatoms. The van der Waals surface area contributed by atoms with E-state index in [1.807, 2.05) is 24.3 Å². The second-order valence-corrected chi connectivity index (χ2v) is 14.5. The molecule has 0 aromatic heterocycles. The average Bonchev–Trinajstić information content (AvgIpc) is 4.02. The number of rotatable bonds is 4. The fourth-order valence-electron chi connectivity index (χ4n) is 9.33. The highest BCUT2D eigenvalue weighted by Crippen LogP contribution is 2.57. The van der Waals surface area contributed by atoms with Crippen LogP contribution in [0.3, 0.4) is 0 Å². The number of nitrogens with zero attached hydrogens (tertiary/aromatic N) is 2. The monoisotopic (exact) mass is 720 g/mol. The Balaban J connectivity index is 0.967. The maximum atomic E-state index is 14.8. The van der Waals surface area contributed by atoms with Gasteiger partial charge in [-0.25, -0.2) is 0 Å². The van der Waals surface area contributed by atoms with Gasteiger partial charge in [0.25, 0.3) is 0 Å². The van der Waals surface area contributed by atoms with Gasteiger partial charge in [0, 0.05) is 54.4 Å². The van der Waals surface area contributed by atoms with E-state index in [9.17, 15) is 4.79 Å². The molecule has 2 unspecified atom stereocenters. The van der Waals surface area contributed by atoms with Crippen molar-refractivity contribution in [1.29, 1.82) is 0 Å². The molecule has 6 heterocycles. The van der Waals surface area contributed by atoms with Gasteiger partial charge in [-0.2, -0.15) is 0 Å². The molecule has 0 radical (unpaired) electrons. The molecular formula is C43H32N2O9. The summed E-state index contributed by atoms with van der Waals surface area (Å²) in [5, 5.41) is 4.12. The summed E-state index contributed by atoms with van der Waals surface area (Å²) >= 11 is 0. The van der Waals surface area contributed by atoms with E-state index in [0.717, 1.165) is 77.8 Å². The average molecular weight is 721 g/mol. The molecule has 0 fully saturated rings. The van der Waals surface area contributed by atoms with Crippen LogP contribution >= 0.6 is 0 Å². The van der Waals surface area contributed by atoms with Crippen molar-refractivity contribution < 1.29 is 42.7 Å². The number of anilines is 2. The van der Waals surface area contributed by atoms with Crippen molar-refractivity contribution in [2.75, 3.05) is 51.1 Å². The largest absolute Gasteiger partial charge is 0.454 e. The molecule has 0 bridgehead atoms. The Morgan fingerprint density at radius 3 is 1.65 bits per heavy atom. The maximum Gasteiger partial charge on any atom is 0.231 e. The molecule has 0 N–H and O–H groups in total. The third kappa shape index (κ3) is 4.09. The molecule has 0 saturated heterocycles. The van der Waals surface area contributed by atoms with E-state index in [-0.39, 0.29) is 57.9 Å². The summed E-state index contributed by atoms with van der Waals surface area (Å²) in [7, 11) is 4.13. The Labute approximate surface area is 309 Å². The predicted octanol–water partition coefficient (Wildman–Crippen LogP) is 8.27. The zero-order valence-corrected chi connectivity index (χ0v) is 29.4. The van der Waals surface area contributed by atoms with E-state index in [0.29, 0.717) is 34.5 Å². The lowest BCUT2D eigenvalue weighted by atomic mass is 9.81. The molecule has 6 aromatic carbocycles. The molecular weight excluding hydrogens is 688 g/mol. The van der Waals surface area contributed by atoms with Crippen LogP contribution in [-0.4, -0.2) is 47.1 Å². The Bertz CT molecular complexity index is 2670. The van der Waals surface area contributed by atoms with Gasteiger partial charge in [-0.1, -0.05) is 24.3 Å². The minimum Gasteiger partial charge on any atom is -0.454 e. The fraction of sp³-hybridized carbons (Fsp3) is 0.233. The van der Waals surface area contributed by atoms with Gasteiger partial charge in [0.05, 0.1) is 23.5 Å². The van der Waals surface area contributed by atoms with Crippen molar-refractivity contribution in [3.05, 3.63) is 83.9 Å². The summed E-state index contributed by atoms with van der Waals surface area (Å²) in [6.45, 7) is 0.681. The van der Waals surface area contributed by atoms with Gasteiger partial charge < -0.3 is 47.7 Å². The lowest BCUT2D eigenvalue weighted by molar-refractivity contribution is -0.119. The summed E-state index contributed by atoms with van der Waals surface area (Å²) in [4.78, 5) is 19.3. The van der Waals surface area contributed by atoms with E-state index < -0.39 is 0 Å². The van der Waals surface area contributed by atoms with Crippen LogP contribution in [0.4, 0.5) is 11.4 Å². The number of fused-ring (bicyclic) bond motifs is 15. The lowest BCUT2D eigenvalue weighted by Crippen LogP contribution is -2.33. The quantitative estimate of drug-likeness (QED) is 0.176. The van der Waals surface area contributed by atoms with E-state index in [1.54, 1.807) is 0 Å². The van der Waals surface area contributed by atoms with Gasteiger partial charge in [0.2, 0.25) is 27.2 Å². The van der Waals surface area contributed by atoms with Crippen molar-refractivity contribution >= 4 is 38.7 Å². The number of hydrogen-bond donors (Lipinski definition) is 0. The zero-order chi connectivity index (χ0) is 35.8. The highest BCUT2D eigenvalue weighted by atomic mass is 16.7. The minimum atomic E-state index is -0.328. The Hall–Kier alpha value is -6.49. The standard InChI is InChI=1S/C43H32N2O9/c1-44-31(30-16-39-38(52-19-53-39)15-29(30)26-6-4-22-10-35-37(51-18-49-35)14-28(22)42(26)44)11-23(46)12-32-40-24(7-8-33-43(40)54-20-47-33)25-5-3-21-9-34-36(50-17-48-34)13-27(21)41(25)45(32)2/h3-10,13-16,31-32H,11-12,17-20H2,1-2H3. The normalized spacial score (nSPS) is 18.9. The van der Waals surface area contributed by atoms with Gasteiger partial charge in [0.1, 0.15) is 5.78 Å². The molecule has 6 aliphatic rings. The molecule has 54 heavy (non-hydrogen) atoms. The van der Waals surface area contributed by atoms with Gasteiger partial charge >= 0.3 is 0 Å². The van der Waals surface area contributed by atoms with Gasteiger partial charge in [-0.05, 0) is 76.0 Å². The van der Waals surface area contributed by atoms with Crippen LogP contribution in [0.25, 0.3) is 43.8 Å². The number of Topliss-reactive ketones (excluding diaryl/α,β-unsaturated/α-hetero) is 1. The van der Waals surface area contributed by atoms with E-state index in [4.69, 9.17) is 37.9 Å². The molecule has 0 saturated carbocycles. The summed E-state index contributed by atoms with van der Waals surface area (Å²) in [6.07, 6.45) is 0.506. The second-order valence-electron chi connectivity index (χ2n) is 14.5. The summed E-state index contributed by atoms with van der Waals surface area (Å²) < 4.78 is 46.8. The first-order chi connectivity index (χ1) is 26.5. The van der Waals surface area contributed by atoms with E-state index in [1.165, 1.54) is 0 Å². The molecule has 6 aliphatic heterocycles. The first kappa shape index (κ1) is 30.0. The Morgan fingerprint density at radius 2 is 1.00 bits per heavy atom. The van der Waals surface area contributed by atoms with Gasteiger partial charge in [-0.3, -0.25) is 4.79 Å². The SMILES string of the molecule is CN1c2c(ccc3cc4c(cc23)OCO4)-c2cc3c(cc2C1CC(=O)CC1c2c(ccc4c2OCO4)-c2ccc4cc5c(cc4c2N1C)OCO5)OCO3. The fourth-order valence-corrected chi connectivity index (χ4v) is 9.33.